The summed E-state index contributed by atoms with van der Waals surface area (Å²) in [5.74, 6) is -3.95. The second kappa shape index (κ2) is 25.4. The molecule has 3 aromatic heterocycles. The summed E-state index contributed by atoms with van der Waals surface area (Å²) in [5, 5.41) is 13.8. The van der Waals surface area contributed by atoms with E-state index in [0.29, 0.717) is 56.9 Å². The molecule has 6 amide bonds. The Bertz CT molecular complexity index is 5760. The molecule has 94 heavy (non-hydrogen) atoms. The number of imide groups is 3. The van der Waals surface area contributed by atoms with Crippen molar-refractivity contribution in [2.24, 2.45) is 0 Å². The standard InChI is InChI=1S/C22H13NO6S2.C15H7NO4S.C15H7NO3S.2C7H8O3S/c1-12-6-8-13(9-7-12)31(27,28)29-23-21(25)15-10-11-16-19(24)14-4-2-3-5-17(14)30-20(16)18(15)22(23)26;17-12-7-3-1-2-4-10(7)21-13-9(12)6-5-8-11(13)15(19)16(20)14(8)18;17-12-7-3-1-2-4-10(7)20-13-9(12)6-5-8-11(13)15(19)16-14(8)18;2*1-6-2-4-7(5-3-6)11(8,9)10/h2-11H,1H3;1-6,20H;1-6H,(H,16,18,19);2*2-5H,1H3,(H,8,9,10)/p+1. The lowest BCUT2D eigenvalue weighted by Crippen LogP contribution is -2.88. The highest BCUT2D eigenvalue weighted by molar-refractivity contribution is 7.87. The Hall–Kier alpha value is -10.1. The Balaban J connectivity index is 0.000000127. The van der Waals surface area contributed by atoms with Crippen LogP contribution < -0.4 is 21.6 Å². The van der Waals surface area contributed by atoms with Gasteiger partial charge >= 0.3 is 21.9 Å². The summed E-state index contributed by atoms with van der Waals surface area (Å²) < 4.78 is 92.8. The number of nitrogens with zero attached hydrogens (tertiary/aromatic N) is 2. The fourth-order valence-electron chi connectivity index (χ4n) is 10.0. The van der Waals surface area contributed by atoms with Gasteiger partial charge in [0, 0.05) is 46.4 Å². The normalized spacial score (nSPS) is 13.5. The van der Waals surface area contributed by atoms with Gasteiger partial charge in [0.05, 0.1) is 56.6 Å². The minimum absolute atomic E-state index is 0.0115. The summed E-state index contributed by atoms with van der Waals surface area (Å²) in [6, 6.07) is 48.1. The molecule has 15 rings (SSSR count). The summed E-state index contributed by atoms with van der Waals surface area (Å²) in [7, 11) is -12.5. The van der Waals surface area contributed by atoms with E-state index in [1.807, 2.05) is 32.0 Å². The number of primary amides is 2. The number of benzene rings is 9. The van der Waals surface area contributed by atoms with Crippen molar-refractivity contribution in [2.45, 2.75) is 35.5 Å². The average Bonchev–Trinajstić information content (AvgIpc) is 1.52. The lowest BCUT2D eigenvalue weighted by atomic mass is 10.1. The molecule has 472 valence electrons. The molecule has 0 atom stereocenters. The van der Waals surface area contributed by atoms with E-state index in [9.17, 15) is 73.6 Å². The van der Waals surface area contributed by atoms with Crippen LogP contribution in [0, 0.1) is 20.8 Å². The highest BCUT2D eigenvalue weighted by atomic mass is 32.2. The number of quaternary nitrogens is 1. The van der Waals surface area contributed by atoms with Crippen LogP contribution in [-0.4, -0.2) is 85.1 Å². The zero-order valence-corrected chi connectivity index (χ0v) is 53.5. The van der Waals surface area contributed by atoms with E-state index in [1.54, 1.807) is 110 Å². The maximum atomic E-state index is 13.1. The van der Waals surface area contributed by atoms with Gasteiger partial charge in [0.15, 0.2) is 16.3 Å². The largest absolute Gasteiger partial charge is 0.352 e. The van der Waals surface area contributed by atoms with Crippen molar-refractivity contribution >= 4 is 160 Å². The van der Waals surface area contributed by atoms with Gasteiger partial charge in [0.1, 0.15) is 5.56 Å². The van der Waals surface area contributed by atoms with Crippen LogP contribution in [-0.2, 0) is 34.6 Å². The maximum Gasteiger partial charge on any atom is 0.352 e. The van der Waals surface area contributed by atoms with Crippen LogP contribution in [0.4, 0.5) is 0 Å². The van der Waals surface area contributed by atoms with E-state index >= 15 is 0 Å². The molecule has 0 aliphatic carbocycles. The molecule has 6 heterocycles. The molecule has 9 aromatic carbocycles. The Morgan fingerprint density at radius 3 is 1.10 bits per heavy atom. The SMILES string of the molecule is Cc1ccc(S(=O)(=O)O)cc1.Cc1ccc(S(=O)(=O)O)cc1.Cc1ccc(S(=O)(=O)ON2C(=O)c3ccc4c(=O)c5ccccc5sc4c3C2=O)cc1.O=C1[NH2+]C(=O)c2c1ccc1c(=O)c3ccccc3sc21.O=C1c2ccc3c(=O)c4ccccc4sc3c2C(=O)N1O. The van der Waals surface area contributed by atoms with Crippen molar-refractivity contribution in [3.05, 3.63) is 263 Å². The Morgan fingerprint density at radius 2 is 0.702 bits per heavy atom. The summed E-state index contributed by atoms with van der Waals surface area (Å²) in [5.41, 5.74) is 3.17. The van der Waals surface area contributed by atoms with Crippen LogP contribution >= 0.6 is 34.0 Å². The highest BCUT2D eigenvalue weighted by Gasteiger charge is 2.43. The number of amides is 6. The second-order valence-electron chi connectivity index (χ2n) is 21.0. The van der Waals surface area contributed by atoms with E-state index in [-0.39, 0.29) is 80.6 Å². The van der Waals surface area contributed by atoms with Crippen LogP contribution in [0.25, 0.3) is 60.5 Å². The first kappa shape index (κ1) is 65.4. The molecule has 22 nitrogen and oxygen atoms in total. The first-order valence-corrected chi connectivity index (χ1v) is 34.2. The Labute approximate surface area is 542 Å². The van der Waals surface area contributed by atoms with Gasteiger partial charge in [-0.3, -0.25) is 47.9 Å². The van der Waals surface area contributed by atoms with Crippen molar-refractivity contribution in [3.63, 3.8) is 0 Å². The molecular weight excluding hydrogens is 1330 g/mol. The van der Waals surface area contributed by atoms with Crippen molar-refractivity contribution in [2.75, 3.05) is 0 Å². The zero-order valence-electron chi connectivity index (χ0n) is 48.6. The van der Waals surface area contributed by atoms with Gasteiger partial charge in [0.2, 0.25) is 0 Å². The van der Waals surface area contributed by atoms with Crippen LogP contribution in [0.3, 0.4) is 0 Å². The number of carbonyl (C=O) groups excluding carboxylic acids is 6. The highest BCUT2D eigenvalue weighted by Crippen LogP contribution is 2.37. The first-order chi connectivity index (χ1) is 44.5. The van der Waals surface area contributed by atoms with Gasteiger partial charge < -0.3 is 0 Å². The lowest BCUT2D eigenvalue weighted by Gasteiger charge is -2.13. The monoisotopic (exact) mass is 1370 g/mol. The number of hydrogen-bond acceptors (Lipinski definition) is 20. The first-order valence-electron chi connectivity index (χ1n) is 27.5. The van der Waals surface area contributed by atoms with E-state index in [0.717, 1.165) is 31.4 Å². The Morgan fingerprint density at radius 1 is 0.362 bits per heavy atom. The molecule has 0 saturated heterocycles. The summed E-state index contributed by atoms with van der Waals surface area (Å²) >= 11 is 3.84. The number of aryl methyl sites for hydroxylation is 3. The van der Waals surface area contributed by atoms with E-state index < -0.39 is 54.0 Å². The minimum atomic E-state index is -4.41. The number of rotatable bonds is 5. The molecular formula is C66H44N3O19S6+. The molecule has 28 heteroatoms. The van der Waals surface area contributed by atoms with Crippen molar-refractivity contribution in [1.82, 2.24) is 10.1 Å². The van der Waals surface area contributed by atoms with Crippen LogP contribution in [0.15, 0.2) is 211 Å². The summed E-state index contributed by atoms with van der Waals surface area (Å²) in [6.45, 7) is 5.48. The third-order valence-electron chi connectivity index (χ3n) is 14.8. The molecule has 0 saturated carbocycles. The summed E-state index contributed by atoms with van der Waals surface area (Å²) in [6.07, 6.45) is 0. The predicted octanol–water partition coefficient (Wildman–Crippen LogP) is 9.80. The van der Waals surface area contributed by atoms with Gasteiger partial charge in [-0.1, -0.05) is 89.5 Å². The molecule has 0 bridgehead atoms. The minimum Gasteiger partial charge on any atom is -0.289 e. The predicted molar refractivity (Wildman–Crippen MR) is 352 cm³/mol. The van der Waals surface area contributed by atoms with E-state index in [2.05, 4.69) is 0 Å². The number of hydroxylamine groups is 4. The van der Waals surface area contributed by atoms with Gasteiger partial charge in [0.25, 0.3) is 43.9 Å². The smallest absolute Gasteiger partial charge is 0.289 e. The zero-order chi connectivity index (χ0) is 67.5. The molecule has 0 unspecified atom stereocenters. The van der Waals surface area contributed by atoms with E-state index in [4.69, 9.17) is 13.4 Å². The van der Waals surface area contributed by atoms with Gasteiger partial charge in [-0.05, 0) is 130 Å². The van der Waals surface area contributed by atoms with Crippen molar-refractivity contribution in [3.8, 4) is 0 Å². The molecule has 3 aliphatic rings. The fourth-order valence-corrected chi connectivity index (χ4v) is 15.5. The summed E-state index contributed by atoms with van der Waals surface area (Å²) in [4.78, 5) is 111. The quantitative estimate of drug-likeness (QED) is 0.0538. The third kappa shape index (κ3) is 12.5. The molecule has 0 radical (unpaired) electrons. The van der Waals surface area contributed by atoms with Crippen molar-refractivity contribution < 1.29 is 77.9 Å². The topological polar surface area (TPSA) is 349 Å². The van der Waals surface area contributed by atoms with Crippen LogP contribution in [0.2, 0.25) is 0 Å². The maximum absolute atomic E-state index is 13.1. The average molecular weight is 1380 g/mol. The second-order valence-corrected chi connectivity index (χ2v) is 28.5. The number of hydrogen-bond donors (Lipinski definition) is 4. The molecule has 12 aromatic rings. The molecule has 3 aliphatic heterocycles. The third-order valence-corrected chi connectivity index (χ3v) is 21.3. The fraction of sp³-hybridized carbons (Fsp3) is 0.0455. The Kier molecular flexibility index (Phi) is 17.7. The van der Waals surface area contributed by atoms with Gasteiger partial charge in [-0.2, -0.15) is 25.3 Å². The van der Waals surface area contributed by atoms with Crippen molar-refractivity contribution in [1.29, 1.82) is 0 Å². The van der Waals surface area contributed by atoms with Gasteiger partial charge in [-0.25, -0.2) is 14.9 Å². The number of carbonyl (C=O) groups is 6. The molecule has 0 spiro atoms. The number of fused-ring (bicyclic) bond motifs is 12. The molecule has 0 fully saturated rings. The van der Waals surface area contributed by atoms with Crippen LogP contribution in [0.1, 0.15) is 78.8 Å². The lowest BCUT2D eigenvalue weighted by molar-refractivity contribution is -0.445. The van der Waals surface area contributed by atoms with E-state index in [1.165, 1.54) is 94.7 Å². The van der Waals surface area contributed by atoms with Crippen LogP contribution in [0.5, 0.6) is 0 Å². The number of nitrogens with two attached hydrogens (primary N) is 1. The van der Waals surface area contributed by atoms with Gasteiger partial charge in [-0.15, -0.1) is 48.4 Å². The molecule has 5 N–H and O–H groups in total.